The van der Waals surface area contributed by atoms with Crippen LogP contribution in [0.25, 0.3) is 0 Å². The Balaban J connectivity index is 1.99. The van der Waals surface area contributed by atoms with Gasteiger partial charge in [-0.15, -0.1) is 0 Å². The van der Waals surface area contributed by atoms with E-state index < -0.39 is 10.0 Å². The topological polar surface area (TPSA) is 92.5 Å². The third kappa shape index (κ3) is 3.80. The van der Waals surface area contributed by atoms with Gasteiger partial charge in [-0.2, -0.15) is 4.31 Å². The SMILES string of the molecule is CCC(CC)C(=O)NC1CCN(S(=O)(=O)c2c(C)noc2C)CC1. The number of hydrogen-bond acceptors (Lipinski definition) is 5. The Labute approximate surface area is 143 Å². The van der Waals surface area contributed by atoms with Gasteiger partial charge in [-0.1, -0.05) is 19.0 Å². The summed E-state index contributed by atoms with van der Waals surface area (Å²) >= 11 is 0. The van der Waals surface area contributed by atoms with Gasteiger partial charge >= 0.3 is 0 Å². The summed E-state index contributed by atoms with van der Waals surface area (Å²) < 4.78 is 32.0. The van der Waals surface area contributed by atoms with E-state index in [9.17, 15) is 13.2 Å². The number of hydrogen-bond donors (Lipinski definition) is 1. The van der Waals surface area contributed by atoms with Crippen LogP contribution in [0.4, 0.5) is 0 Å². The Morgan fingerprint density at radius 1 is 1.29 bits per heavy atom. The maximum absolute atomic E-state index is 12.8. The van der Waals surface area contributed by atoms with Gasteiger partial charge < -0.3 is 9.84 Å². The molecule has 0 spiro atoms. The summed E-state index contributed by atoms with van der Waals surface area (Å²) in [6.07, 6.45) is 2.88. The van der Waals surface area contributed by atoms with E-state index in [-0.39, 0.29) is 22.8 Å². The number of aryl methyl sites for hydroxylation is 2. The van der Waals surface area contributed by atoms with Crippen LogP contribution in [-0.2, 0) is 14.8 Å². The number of carbonyl (C=O) groups is 1. The summed E-state index contributed by atoms with van der Waals surface area (Å²) in [5.41, 5.74) is 0.386. The van der Waals surface area contributed by atoms with Crippen molar-refractivity contribution in [2.24, 2.45) is 5.92 Å². The zero-order valence-electron chi connectivity index (χ0n) is 14.8. The second kappa shape index (κ2) is 7.65. The van der Waals surface area contributed by atoms with E-state index >= 15 is 0 Å². The molecule has 2 rings (SSSR count). The van der Waals surface area contributed by atoms with Crippen molar-refractivity contribution in [2.45, 2.75) is 64.3 Å². The summed E-state index contributed by atoms with van der Waals surface area (Å²) in [5, 5.41) is 6.79. The van der Waals surface area contributed by atoms with Gasteiger partial charge in [0, 0.05) is 25.0 Å². The van der Waals surface area contributed by atoms with E-state index in [1.165, 1.54) is 4.31 Å². The normalized spacial score (nSPS) is 17.4. The van der Waals surface area contributed by atoms with E-state index in [4.69, 9.17) is 4.52 Å². The van der Waals surface area contributed by atoms with Gasteiger partial charge in [0.2, 0.25) is 15.9 Å². The average Bonchev–Trinajstić information content (AvgIpc) is 2.88. The number of sulfonamides is 1. The molecule has 0 atom stereocenters. The van der Waals surface area contributed by atoms with E-state index in [0.29, 0.717) is 37.4 Å². The number of nitrogens with one attached hydrogen (secondary N) is 1. The average molecular weight is 357 g/mol. The quantitative estimate of drug-likeness (QED) is 0.840. The Bertz CT molecular complexity index is 652. The van der Waals surface area contributed by atoms with Crippen molar-refractivity contribution in [1.82, 2.24) is 14.8 Å². The molecule has 2 heterocycles. The van der Waals surface area contributed by atoms with Crippen LogP contribution in [0.15, 0.2) is 9.42 Å². The van der Waals surface area contributed by atoms with Crippen molar-refractivity contribution in [3.8, 4) is 0 Å². The highest BCUT2D eigenvalue weighted by molar-refractivity contribution is 7.89. The third-order valence-corrected chi connectivity index (χ3v) is 6.87. The molecule has 0 aliphatic carbocycles. The number of rotatable bonds is 6. The van der Waals surface area contributed by atoms with Gasteiger partial charge in [0.05, 0.1) is 0 Å². The molecule has 1 fully saturated rings. The molecule has 1 aromatic rings. The molecule has 0 bridgehead atoms. The summed E-state index contributed by atoms with van der Waals surface area (Å²) in [5.74, 6) is 0.428. The number of carbonyl (C=O) groups excluding carboxylic acids is 1. The van der Waals surface area contributed by atoms with Crippen LogP contribution < -0.4 is 5.32 Å². The predicted molar refractivity (Wildman–Crippen MR) is 90.0 cm³/mol. The fourth-order valence-electron chi connectivity index (χ4n) is 3.19. The first-order valence-electron chi connectivity index (χ1n) is 8.54. The van der Waals surface area contributed by atoms with Crippen LogP contribution in [0.2, 0.25) is 0 Å². The van der Waals surface area contributed by atoms with Crippen LogP contribution in [0.3, 0.4) is 0 Å². The molecule has 1 saturated heterocycles. The minimum absolute atomic E-state index is 0.0362. The summed E-state index contributed by atoms with van der Waals surface area (Å²) in [4.78, 5) is 12.3. The second-order valence-corrected chi connectivity index (χ2v) is 8.23. The Hall–Kier alpha value is -1.41. The van der Waals surface area contributed by atoms with Crippen molar-refractivity contribution in [3.63, 3.8) is 0 Å². The van der Waals surface area contributed by atoms with Crippen molar-refractivity contribution in [3.05, 3.63) is 11.5 Å². The molecule has 1 N–H and O–H groups in total. The minimum atomic E-state index is -3.59. The molecule has 1 amide bonds. The van der Waals surface area contributed by atoms with Crippen molar-refractivity contribution in [1.29, 1.82) is 0 Å². The smallest absolute Gasteiger partial charge is 0.248 e. The largest absolute Gasteiger partial charge is 0.360 e. The van der Waals surface area contributed by atoms with Gasteiger partial charge in [0.25, 0.3) is 0 Å². The van der Waals surface area contributed by atoms with Gasteiger partial charge in [-0.3, -0.25) is 4.79 Å². The fraction of sp³-hybridized carbons (Fsp3) is 0.750. The maximum Gasteiger partial charge on any atom is 0.248 e. The summed E-state index contributed by atoms with van der Waals surface area (Å²) in [6.45, 7) is 8.03. The zero-order chi connectivity index (χ0) is 17.9. The van der Waals surface area contributed by atoms with Crippen LogP contribution in [0.1, 0.15) is 51.0 Å². The lowest BCUT2D eigenvalue weighted by Gasteiger charge is -2.32. The molecule has 0 unspecified atom stereocenters. The first kappa shape index (κ1) is 18.9. The monoisotopic (exact) mass is 357 g/mol. The molecule has 0 radical (unpaired) electrons. The van der Waals surface area contributed by atoms with Gasteiger partial charge in [-0.25, -0.2) is 8.42 Å². The Morgan fingerprint density at radius 3 is 2.33 bits per heavy atom. The molecular formula is C16H27N3O4S. The molecule has 136 valence electrons. The first-order chi connectivity index (χ1) is 11.3. The number of amides is 1. The highest BCUT2D eigenvalue weighted by Gasteiger charge is 2.34. The molecule has 1 aliphatic rings. The lowest BCUT2D eigenvalue weighted by Crippen LogP contribution is -2.47. The third-order valence-electron chi connectivity index (χ3n) is 4.72. The highest BCUT2D eigenvalue weighted by Crippen LogP contribution is 2.26. The molecule has 8 heteroatoms. The minimum Gasteiger partial charge on any atom is -0.360 e. The van der Waals surface area contributed by atoms with Crippen LogP contribution >= 0.6 is 0 Å². The van der Waals surface area contributed by atoms with E-state index in [1.807, 2.05) is 13.8 Å². The number of nitrogens with zero attached hydrogens (tertiary/aromatic N) is 2. The molecule has 7 nitrogen and oxygen atoms in total. The van der Waals surface area contributed by atoms with Crippen LogP contribution in [0.5, 0.6) is 0 Å². The molecule has 0 saturated carbocycles. The number of piperidine rings is 1. The summed E-state index contributed by atoms with van der Waals surface area (Å²) in [7, 11) is -3.59. The molecule has 1 aliphatic heterocycles. The van der Waals surface area contributed by atoms with Crippen molar-refractivity contribution < 1.29 is 17.7 Å². The lowest BCUT2D eigenvalue weighted by molar-refractivity contribution is -0.126. The zero-order valence-corrected chi connectivity index (χ0v) is 15.6. The highest BCUT2D eigenvalue weighted by atomic mass is 32.2. The Morgan fingerprint density at radius 2 is 1.88 bits per heavy atom. The van der Waals surface area contributed by atoms with Gasteiger partial charge in [0.15, 0.2) is 5.76 Å². The van der Waals surface area contributed by atoms with Crippen LogP contribution in [-0.4, -0.2) is 42.9 Å². The van der Waals surface area contributed by atoms with Gasteiger partial charge in [0.1, 0.15) is 10.6 Å². The van der Waals surface area contributed by atoms with E-state index in [1.54, 1.807) is 13.8 Å². The molecular weight excluding hydrogens is 330 g/mol. The fourth-order valence-corrected chi connectivity index (χ4v) is 4.95. The maximum atomic E-state index is 12.8. The van der Waals surface area contributed by atoms with E-state index in [2.05, 4.69) is 10.5 Å². The molecule has 1 aromatic heterocycles. The predicted octanol–water partition coefficient (Wildman–Crippen LogP) is 2.00. The Kier molecular flexibility index (Phi) is 6.03. The number of aromatic nitrogens is 1. The summed E-state index contributed by atoms with van der Waals surface area (Å²) in [6, 6.07) is 0.0363. The van der Waals surface area contributed by atoms with Crippen LogP contribution in [0, 0.1) is 19.8 Å². The molecule has 0 aromatic carbocycles. The first-order valence-corrected chi connectivity index (χ1v) is 9.98. The lowest BCUT2D eigenvalue weighted by atomic mass is 10.0. The second-order valence-electron chi connectivity index (χ2n) is 6.35. The molecule has 24 heavy (non-hydrogen) atoms. The van der Waals surface area contributed by atoms with Gasteiger partial charge in [-0.05, 0) is 39.5 Å². The van der Waals surface area contributed by atoms with Crippen molar-refractivity contribution >= 4 is 15.9 Å². The van der Waals surface area contributed by atoms with E-state index in [0.717, 1.165) is 12.8 Å². The van der Waals surface area contributed by atoms with Crippen molar-refractivity contribution in [2.75, 3.05) is 13.1 Å². The standard InChI is InChI=1S/C16H27N3O4S/c1-5-13(6-2)16(20)17-14-7-9-19(10-8-14)24(21,22)15-11(3)18-23-12(15)4/h13-14H,5-10H2,1-4H3,(H,17,20).